The number of rotatable bonds is 36. The van der Waals surface area contributed by atoms with Gasteiger partial charge in [-0.25, -0.2) is 0 Å². The molecule has 15 nitrogen and oxygen atoms in total. The summed E-state index contributed by atoms with van der Waals surface area (Å²) in [6.07, 6.45) is 14.0. The number of carbonyl (C=O) groups excluding carboxylic acids is 2. The van der Waals surface area contributed by atoms with Gasteiger partial charge in [0.15, 0.2) is 18.7 Å². The number of aliphatic hydroxyl groups is 7. The Morgan fingerprint density at radius 2 is 0.934 bits per heavy atom. The zero-order chi connectivity index (χ0) is 44.7. The molecule has 11 atom stereocenters. The topological polar surface area (TPSA) is 231 Å². The molecule has 11 unspecified atom stereocenters. The molecule has 15 heteroatoms. The van der Waals surface area contributed by atoms with Gasteiger partial charge in [-0.1, -0.05) is 135 Å². The molecule has 0 amide bonds. The minimum absolute atomic E-state index is 0.159. The number of allylic oxidation sites excluding steroid dienone is 2. The lowest BCUT2D eigenvalue weighted by atomic mass is 9.98. The fourth-order valence-corrected chi connectivity index (χ4v) is 7.50. The second kappa shape index (κ2) is 34.6. The van der Waals surface area contributed by atoms with E-state index in [0.29, 0.717) is 12.8 Å². The normalized spacial score (nSPS) is 27.4. The van der Waals surface area contributed by atoms with E-state index in [-0.39, 0.29) is 26.1 Å². The summed E-state index contributed by atoms with van der Waals surface area (Å²) in [4.78, 5) is 25.6. The van der Waals surface area contributed by atoms with Crippen molar-refractivity contribution in [3.05, 3.63) is 12.2 Å². The summed E-state index contributed by atoms with van der Waals surface area (Å²) >= 11 is 0. The molecule has 7 N–H and O–H groups in total. The van der Waals surface area contributed by atoms with E-state index >= 15 is 0 Å². The minimum Gasteiger partial charge on any atom is -0.462 e. The first-order chi connectivity index (χ1) is 29.5. The van der Waals surface area contributed by atoms with Crippen molar-refractivity contribution in [3.63, 3.8) is 0 Å². The van der Waals surface area contributed by atoms with Crippen molar-refractivity contribution in [1.82, 2.24) is 0 Å². The predicted molar refractivity (Wildman–Crippen MR) is 229 cm³/mol. The number of aliphatic hydroxyl groups excluding tert-OH is 7. The third-order valence-corrected chi connectivity index (χ3v) is 11.5. The smallest absolute Gasteiger partial charge is 0.306 e. The Morgan fingerprint density at radius 3 is 1.44 bits per heavy atom. The lowest BCUT2D eigenvalue weighted by Crippen LogP contribution is -2.61. The second-order valence-corrected chi connectivity index (χ2v) is 16.9. The fraction of sp³-hybridized carbons (Fsp3) is 0.913. The van der Waals surface area contributed by atoms with Crippen molar-refractivity contribution in [2.75, 3.05) is 26.4 Å². The number of esters is 2. The van der Waals surface area contributed by atoms with Crippen LogP contribution in [0.15, 0.2) is 12.2 Å². The number of hydrogen-bond donors (Lipinski definition) is 7. The Balaban J connectivity index is 1.84. The average molecular weight is 877 g/mol. The standard InChI is InChI=1S/C46H84O15/c1-3-5-7-9-11-13-15-16-17-18-19-21-23-25-27-29-38(49)59-34(31-56-37(48)28-26-24-22-20-14-12-10-8-6-4-2)32-57-45-44(55)42(53)40(51)36(61-45)33-58-46-43(54)41(52)39(50)35(30-47)60-46/h16-17,34-36,39-47,50-55H,3-15,18-33H2,1-2H3/b17-16-. The lowest BCUT2D eigenvalue weighted by Gasteiger charge is -2.42. The van der Waals surface area contributed by atoms with Crippen LogP contribution in [0.5, 0.6) is 0 Å². The highest BCUT2D eigenvalue weighted by Gasteiger charge is 2.47. The van der Waals surface area contributed by atoms with E-state index in [1.54, 1.807) is 0 Å². The largest absolute Gasteiger partial charge is 0.462 e. The van der Waals surface area contributed by atoms with Gasteiger partial charge >= 0.3 is 11.9 Å². The van der Waals surface area contributed by atoms with Crippen LogP contribution >= 0.6 is 0 Å². The van der Waals surface area contributed by atoms with Crippen molar-refractivity contribution in [3.8, 4) is 0 Å². The Bertz CT molecular complexity index is 1120. The molecule has 358 valence electrons. The summed E-state index contributed by atoms with van der Waals surface area (Å²) in [6, 6.07) is 0. The zero-order valence-corrected chi connectivity index (χ0v) is 37.4. The van der Waals surface area contributed by atoms with Gasteiger partial charge in [0.25, 0.3) is 0 Å². The van der Waals surface area contributed by atoms with Crippen LogP contribution in [0.25, 0.3) is 0 Å². The van der Waals surface area contributed by atoms with Gasteiger partial charge in [-0.05, 0) is 38.5 Å². The maximum atomic E-state index is 12.9. The third kappa shape index (κ3) is 23.7. The van der Waals surface area contributed by atoms with E-state index in [0.717, 1.165) is 57.8 Å². The van der Waals surface area contributed by atoms with Crippen LogP contribution in [0, 0.1) is 0 Å². The van der Waals surface area contributed by atoms with Gasteiger partial charge in [0.05, 0.1) is 19.8 Å². The third-order valence-electron chi connectivity index (χ3n) is 11.5. The van der Waals surface area contributed by atoms with Gasteiger partial charge in [0.2, 0.25) is 0 Å². The van der Waals surface area contributed by atoms with Crippen molar-refractivity contribution >= 4 is 11.9 Å². The van der Waals surface area contributed by atoms with Gasteiger partial charge in [0.1, 0.15) is 55.4 Å². The molecule has 2 saturated heterocycles. The summed E-state index contributed by atoms with van der Waals surface area (Å²) in [7, 11) is 0. The van der Waals surface area contributed by atoms with Gasteiger partial charge in [-0.3, -0.25) is 9.59 Å². The first-order valence-corrected chi connectivity index (χ1v) is 23.8. The van der Waals surface area contributed by atoms with E-state index in [4.69, 9.17) is 28.4 Å². The van der Waals surface area contributed by atoms with E-state index < -0.39 is 92.7 Å². The minimum atomic E-state index is -1.76. The zero-order valence-electron chi connectivity index (χ0n) is 37.4. The molecule has 0 aromatic heterocycles. The Hall–Kier alpha value is -1.76. The lowest BCUT2D eigenvalue weighted by molar-refractivity contribution is -0.332. The van der Waals surface area contributed by atoms with Gasteiger partial charge in [-0.2, -0.15) is 0 Å². The maximum absolute atomic E-state index is 12.9. The number of hydrogen-bond acceptors (Lipinski definition) is 15. The Labute approximate surface area is 365 Å². The predicted octanol–water partition coefficient (Wildman–Crippen LogP) is 5.43. The van der Waals surface area contributed by atoms with Crippen molar-refractivity contribution in [2.24, 2.45) is 0 Å². The summed E-state index contributed by atoms with van der Waals surface area (Å²) in [5, 5.41) is 71.9. The number of unbranched alkanes of at least 4 members (excludes halogenated alkanes) is 20. The highest BCUT2D eigenvalue weighted by molar-refractivity contribution is 5.70. The second-order valence-electron chi connectivity index (χ2n) is 16.9. The molecule has 2 aliphatic heterocycles. The molecule has 0 radical (unpaired) electrons. The van der Waals surface area contributed by atoms with E-state index in [1.165, 1.54) is 77.0 Å². The Morgan fingerprint density at radius 1 is 0.508 bits per heavy atom. The molecule has 0 aromatic carbocycles. The molecule has 0 aliphatic carbocycles. The summed E-state index contributed by atoms with van der Waals surface area (Å²) in [5.74, 6) is -0.931. The number of ether oxygens (including phenoxy) is 6. The van der Waals surface area contributed by atoms with Crippen LogP contribution in [0.3, 0.4) is 0 Å². The molecule has 0 aromatic rings. The van der Waals surface area contributed by atoms with Crippen LogP contribution in [0.4, 0.5) is 0 Å². The molecular formula is C46H84O15. The van der Waals surface area contributed by atoms with Crippen LogP contribution in [-0.2, 0) is 38.0 Å². The summed E-state index contributed by atoms with van der Waals surface area (Å²) in [5.41, 5.74) is 0. The van der Waals surface area contributed by atoms with Crippen LogP contribution in [-0.4, -0.2) is 142 Å². The van der Waals surface area contributed by atoms with Crippen molar-refractivity contribution in [2.45, 2.75) is 242 Å². The molecule has 2 rings (SSSR count). The first-order valence-electron chi connectivity index (χ1n) is 23.8. The van der Waals surface area contributed by atoms with Gasteiger partial charge < -0.3 is 64.2 Å². The van der Waals surface area contributed by atoms with Crippen molar-refractivity contribution in [1.29, 1.82) is 0 Å². The molecule has 0 bridgehead atoms. The van der Waals surface area contributed by atoms with Gasteiger partial charge in [0, 0.05) is 12.8 Å². The molecule has 61 heavy (non-hydrogen) atoms. The van der Waals surface area contributed by atoms with E-state index in [1.807, 2.05) is 0 Å². The van der Waals surface area contributed by atoms with Crippen molar-refractivity contribution < 1.29 is 73.8 Å². The molecule has 2 heterocycles. The van der Waals surface area contributed by atoms with Crippen LogP contribution < -0.4 is 0 Å². The highest BCUT2D eigenvalue weighted by Crippen LogP contribution is 2.26. The summed E-state index contributed by atoms with van der Waals surface area (Å²) < 4.78 is 33.5. The van der Waals surface area contributed by atoms with E-state index in [2.05, 4.69) is 26.0 Å². The average Bonchev–Trinajstić information content (AvgIpc) is 3.25. The molecular weight excluding hydrogens is 792 g/mol. The molecule has 2 aliphatic rings. The molecule has 0 saturated carbocycles. The molecule has 0 spiro atoms. The maximum Gasteiger partial charge on any atom is 0.306 e. The Kier molecular flexibility index (Phi) is 31.4. The van der Waals surface area contributed by atoms with Crippen LogP contribution in [0.1, 0.15) is 174 Å². The summed E-state index contributed by atoms with van der Waals surface area (Å²) in [6.45, 7) is 2.55. The monoisotopic (exact) mass is 877 g/mol. The number of carbonyl (C=O) groups is 2. The van der Waals surface area contributed by atoms with E-state index in [9.17, 15) is 45.3 Å². The first kappa shape index (κ1) is 55.4. The fourth-order valence-electron chi connectivity index (χ4n) is 7.50. The molecule has 2 fully saturated rings. The highest BCUT2D eigenvalue weighted by atomic mass is 16.7. The van der Waals surface area contributed by atoms with Gasteiger partial charge in [-0.15, -0.1) is 0 Å². The SMILES string of the molecule is CCCCCCCC/C=C\CCCCCCCC(=O)OC(COC(=O)CCCCCCCCCCCC)COC1OC(COC2OC(CO)C(O)C(O)C2O)C(O)C(O)C1O. The quantitative estimate of drug-likeness (QED) is 0.0236. The van der Waals surface area contributed by atoms with Crippen LogP contribution in [0.2, 0.25) is 0 Å².